The molecule has 31 heavy (non-hydrogen) atoms. The molecular weight excluding hydrogens is 372 g/mol. The van der Waals surface area contributed by atoms with Crippen molar-refractivity contribution in [3.8, 4) is 0 Å². The average molecular weight is 435 g/mol. The summed E-state index contributed by atoms with van der Waals surface area (Å²) in [6.45, 7) is 14.6. The van der Waals surface area contributed by atoms with Gasteiger partial charge in [0.2, 0.25) is 0 Å². The smallest absolute Gasteiger partial charge is 0.0355 e. The van der Waals surface area contributed by atoms with E-state index in [-0.39, 0.29) is 0 Å². The van der Waals surface area contributed by atoms with E-state index in [9.17, 15) is 0 Å². The molecule has 0 N–H and O–H groups in total. The predicted molar refractivity (Wildman–Crippen MR) is 143 cm³/mol. The third-order valence-corrected chi connectivity index (χ3v) is 8.93. The van der Waals surface area contributed by atoms with Crippen LogP contribution in [0.3, 0.4) is 0 Å². The Hall–Kier alpha value is 0. The monoisotopic (exact) mass is 434 g/mol. The molecule has 1 rings (SSSR count). The van der Waals surface area contributed by atoms with Gasteiger partial charge in [0.05, 0.1) is 0 Å². The zero-order valence-electron chi connectivity index (χ0n) is 22.9. The molecule has 1 fully saturated rings. The Kier molecular flexibility index (Phi) is 17.3. The SMILES string of the molecule is CCCCC1CC[C@H](CCCC)[C@H](CCC)CC[C@H](CCC)[C@H](CCC)[C@@H]1CCCC. The van der Waals surface area contributed by atoms with Crippen LogP contribution in [0.2, 0.25) is 0 Å². The van der Waals surface area contributed by atoms with Crippen molar-refractivity contribution >= 4 is 0 Å². The first-order chi connectivity index (χ1) is 15.2. The van der Waals surface area contributed by atoms with Gasteiger partial charge in [-0.05, 0) is 67.6 Å². The van der Waals surface area contributed by atoms with Gasteiger partial charge in [-0.15, -0.1) is 0 Å². The third-order valence-electron chi connectivity index (χ3n) is 8.93. The maximum absolute atomic E-state index is 2.46. The van der Waals surface area contributed by atoms with Gasteiger partial charge in [0.1, 0.15) is 0 Å². The van der Waals surface area contributed by atoms with Gasteiger partial charge in [0.25, 0.3) is 0 Å². The maximum atomic E-state index is 2.46. The first-order valence-electron chi connectivity index (χ1n) is 15.2. The van der Waals surface area contributed by atoms with Crippen molar-refractivity contribution in [2.75, 3.05) is 0 Å². The lowest BCUT2D eigenvalue weighted by atomic mass is 9.63. The fraction of sp³-hybridized carbons (Fsp3) is 1.00. The first kappa shape index (κ1) is 29.0. The first-order valence-corrected chi connectivity index (χ1v) is 15.2. The Morgan fingerprint density at radius 1 is 0.355 bits per heavy atom. The summed E-state index contributed by atoms with van der Waals surface area (Å²) in [7, 11) is 0. The van der Waals surface area contributed by atoms with Gasteiger partial charge in [-0.25, -0.2) is 0 Å². The van der Waals surface area contributed by atoms with Gasteiger partial charge < -0.3 is 0 Å². The van der Waals surface area contributed by atoms with Crippen molar-refractivity contribution in [2.24, 2.45) is 35.5 Å². The van der Waals surface area contributed by atoms with Crippen LogP contribution >= 0.6 is 0 Å². The van der Waals surface area contributed by atoms with E-state index >= 15 is 0 Å². The zero-order chi connectivity index (χ0) is 22.9. The average Bonchev–Trinajstić information content (AvgIpc) is 2.77. The summed E-state index contributed by atoms with van der Waals surface area (Å²) in [5.41, 5.74) is 0. The topological polar surface area (TPSA) is 0 Å². The maximum Gasteiger partial charge on any atom is -0.0355 e. The lowest BCUT2D eigenvalue weighted by Gasteiger charge is -2.42. The van der Waals surface area contributed by atoms with Gasteiger partial charge >= 0.3 is 0 Å². The molecule has 0 radical (unpaired) electrons. The second-order valence-corrected chi connectivity index (χ2v) is 11.3. The van der Waals surface area contributed by atoms with Crippen LogP contribution in [-0.4, -0.2) is 0 Å². The summed E-state index contributed by atoms with van der Waals surface area (Å²) in [5, 5.41) is 0. The van der Waals surface area contributed by atoms with Crippen molar-refractivity contribution in [3.63, 3.8) is 0 Å². The van der Waals surface area contributed by atoms with E-state index in [2.05, 4.69) is 41.5 Å². The molecule has 0 saturated heterocycles. The van der Waals surface area contributed by atoms with E-state index in [0.717, 1.165) is 35.5 Å². The largest absolute Gasteiger partial charge is 0.0654 e. The summed E-state index contributed by atoms with van der Waals surface area (Å²) >= 11 is 0. The van der Waals surface area contributed by atoms with Crippen LogP contribution in [0.5, 0.6) is 0 Å². The number of rotatable bonds is 15. The van der Waals surface area contributed by atoms with E-state index < -0.39 is 0 Å². The molecule has 186 valence electrons. The molecule has 0 aromatic carbocycles. The number of hydrogen-bond acceptors (Lipinski definition) is 0. The van der Waals surface area contributed by atoms with Crippen molar-refractivity contribution in [1.29, 1.82) is 0 Å². The van der Waals surface area contributed by atoms with Crippen LogP contribution in [0.15, 0.2) is 0 Å². The minimum Gasteiger partial charge on any atom is -0.0654 e. The normalized spacial score (nSPS) is 30.4. The molecule has 0 aromatic rings. The Balaban J connectivity index is 3.24. The third kappa shape index (κ3) is 10.6. The molecular formula is C31H62. The summed E-state index contributed by atoms with van der Waals surface area (Å²) in [6, 6.07) is 0. The molecule has 1 aliphatic carbocycles. The fourth-order valence-corrected chi connectivity index (χ4v) is 7.28. The molecule has 0 nitrogen and oxygen atoms in total. The van der Waals surface area contributed by atoms with E-state index in [1.54, 1.807) is 12.8 Å². The minimum atomic E-state index is 1.00. The van der Waals surface area contributed by atoms with Crippen LogP contribution < -0.4 is 0 Å². The van der Waals surface area contributed by atoms with Crippen LogP contribution in [0.1, 0.15) is 164 Å². The molecule has 0 heteroatoms. The Morgan fingerprint density at radius 3 is 1.23 bits per heavy atom. The Bertz CT molecular complexity index is 385. The summed E-state index contributed by atoms with van der Waals surface area (Å²) in [5.74, 6) is 6.05. The molecule has 6 atom stereocenters. The van der Waals surface area contributed by atoms with Crippen molar-refractivity contribution in [1.82, 2.24) is 0 Å². The standard InChI is InChI=1S/C31H62/c1-7-13-19-27-23-25-29(20-14-8-2)31(21-15-9-3)30(18-12-6)28(17-11-5)24-22-26(27)16-10-4/h26-31H,7-25H2,1-6H3/t26-,27+,28+,29?,30+,31-/m1/s1. The van der Waals surface area contributed by atoms with E-state index in [1.165, 1.54) is 109 Å². The van der Waals surface area contributed by atoms with E-state index in [4.69, 9.17) is 0 Å². The van der Waals surface area contributed by atoms with Gasteiger partial charge in [-0.2, -0.15) is 0 Å². The van der Waals surface area contributed by atoms with E-state index in [1.807, 2.05) is 0 Å². The van der Waals surface area contributed by atoms with Gasteiger partial charge in [0.15, 0.2) is 0 Å². The van der Waals surface area contributed by atoms with Crippen LogP contribution in [0.25, 0.3) is 0 Å². The number of unbranched alkanes of at least 4 members (excludes halogenated alkanes) is 3. The van der Waals surface area contributed by atoms with Gasteiger partial charge in [-0.3, -0.25) is 0 Å². The molecule has 0 amide bonds. The summed E-state index contributed by atoms with van der Waals surface area (Å²) in [4.78, 5) is 0. The van der Waals surface area contributed by atoms with Gasteiger partial charge in [-0.1, -0.05) is 131 Å². The lowest BCUT2D eigenvalue weighted by molar-refractivity contribution is 0.0820. The quantitative estimate of drug-likeness (QED) is 0.240. The van der Waals surface area contributed by atoms with Crippen LogP contribution in [0.4, 0.5) is 0 Å². The van der Waals surface area contributed by atoms with Crippen molar-refractivity contribution in [2.45, 2.75) is 164 Å². The van der Waals surface area contributed by atoms with Crippen molar-refractivity contribution in [3.05, 3.63) is 0 Å². The fourth-order valence-electron chi connectivity index (χ4n) is 7.28. The second kappa shape index (κ2) is 18.4. The van der Waals surface area contributed by atoms with Crippen LogP contribution in [-0.2, 0) is 0 Å². The highest BCUT2D eigenvalue weighted by Crippen LogP contribution is 2.46. The van der Waals surface area contributed by atoms with Gasteiger partial charge in [0, 0.05) is 0 Å². The van der Waals surface area contributed by atoms with E-state index in [0.29, 0.717) is 0 Å². The minimum absolute atomic E-state index is 1.00. The summed E-state index contributed by atoms with van der Waals surface area (Å²) < 4.78 is 0. The molecule has 0 aliphatic heterocycles. The van der Waals surface area contributed by atoms with Crippen molar-refractivity contribution < 1.29 is 0 Å². The molecule has 1 unspecified atom stereocenters. The lowest BCUT2D eigenvalue weighted by Crippen LogP contribution is -2.32. The highest BCUT2D eigenvalue weighted by molar-refractivity contribution is 4.86. The molecule has 1 saturated carbocycles. The molecule has 0 aromatic heterocycles. The number of hydrogen-bond donors (Lipinski definition) is 0. The highest BCUT2D eigenvalue weighted by Gasteiger charge is 2.35. The molecule has 0 bridgehead atoms. The molecule has 0 spiro atoms. The summed E-state index contributed by atoms with van der Waals surface area (Å²) in [6.07, 6.45) is 27.9. The second-order valence-electron chi connectivity index (χ2n) is 11.3. The Morgan fingerprint density at radius 2 is 0.710 bits per heavy atom. The highest BCUT2D eigenvalue weighted by atomic mass is 14.4. The zero-order valence-corrected chi connectivity index (χ0v) is 22.9. The molecule has 1 aliphatic rings. The van der Waals surface area contributed by atoms with Crippen LogP contribution in [0, 0.1) is 35.5 Å². The Labute approximate surface area is 199 Å². The predicted octanol–water partition coefficient (Wildman–Crippen LogP) is 11.2. The molecule has 0 heterocycles.